The number of nitrogens with zero attached hydrogens (tertiary/aromatic N) is 2. The monoisotopic (exact) mass is 286 g/mol. The van der Waals surface area contributed by atoms with Crippen LogP contribution in [0.1, 0.15) is 25.0 Å². The Labute approximate surface area is 124 Å². The molecule has 0 radical (unpaired) electrons. The molecule has 0 aromatic heterocycles. The van der Waals surface area contributed by atoms with Crippen molar-refractivity contribution >= 4 is 16.9 Å². The number of hydrogen-bond acceptors (Lipinski definition) is 4. The summed E-state index contributed by atoms with van der Waals surface area (Å²) in [7, 11) is 0. The molecule has 4 nitrogen and oxygen atoms in total. The molecule has 20 heavy (non-hydrogen) atoms. The maximum absolute atomic E-state index is 8.74. The summed E-state index contributed by atoms with van der Waals surface area (Å²) in [6.45, 7) is 7.82. The highest BCUT2D eigenvalue weighted by Gasteiger charge is 2.01. The summed E-state index contributed by atoms with van der Waals surface area (Å²) in [5, 5.41) is 9.35. The number of hydrazine groups is 1. The average Bonchev–Trinajstić information content (AvgIpc) is 2.43. The Bertz CT molecular complexity index is 561. The lowest BCUT2D eigenvalue weighted by Crippen LogP contribution is -2.27. The van der Waals surface area contributed by atoms with Crippen LogP contribution in [-0.4, -0.2) is 5.17 Å². The highest BCUT2D eigenvalue weighted by Crippen LogP contribution is 2.15. The van der Waals surface area contributed by atoms with Crippen molar-refractivity contribution in [3.8, 4) is 6.07 Å². The number of benzene rings is 1. The van der Waals surface area contributed by atoms with Gasteiger partial charge in [-0.2, -0.15) is 5.26 Å². The van der Waals surface area contributed by atoms with E-state index < -0.39 is 0 Å². The van der Waals surface area contributed by atoms with Gasteiger partial charge in [0.1, 0.15) is 0 Å². The highest BCUT2D eigenvalue weighted by atomic mass is 32.2. The van der Waals surface area contributed by atoms with Crippen molar-refractivity contribution in [2.45, 2.75) is 19.6 Å². The van der Waals surface area contributed by atoms with Crippen molar-refractivity contribution in [3.63, 3.8) is 0 Å². The minimum atomic E-state index is 0.608. The lowest BCUT2D eigenvalue weighted by molar-refractivity contribution is 1.04. The van der Waals surface area contributed by atoms with Crippen molar-refractivity contribution < 1.29 is 0 Å². The molecule has 0 fully saturated rings. The maximum Gasteiger partial charge on any atom is 0.176 e. The lowest BCUT2D eigenvalue weighted by atomic mass is 10.2. The van der Waals surface area contributed by atoms with Gasteiger partial charge >= 0.3 is 0 Å². The van der Waals surface area contributed by atoms with Crippen molar-refractivity contribution in [2.24, 2.45) is 10.8 Å². The summed E-state index contributed by atoms with van der Waals surface area (Å²) in [6.07, 6.45) is 1.89. The van der Waals surface area contributed by atoms with Crippen LogP contribution in [0.3, 0.4) is 0 Å². The van der Waals surface area contributed by atoms with Gasteiger partial charge in [-0.3, -0.25) is 0 Å². The quantitative estimate of drug-likeness (QED) is 0.293. The first-order chi connectivity index (χ1) is 9.55. The summed E-state index contributed by atoms with van der Waals surface area (Å²) in [4.78, 5) is 4.30. The van der Waals surface area contributed by atoms with Gasteiger partial charge in [-0.25, -0.2) is 10.8 Å². The van der Waals surface area contributed by atoms with Gasteiger partial charge < -0.3 is 5.43 Å². The molecule has 3 N–H and O–H groups in total. The van der Waals surface area contributed by atoms with E-state index in [1.165, 1.54) is 11.8 Å². The Morgan fingerprint density at radius 3 is 2.60 bits per heavy atom. The number of nitriles is 1. The highest BCUT2D eigenvalue weighted by molar-refractivity contribution is 8.13. The first-order valence-electron chi connectivity index (χ1n) is 6.06. The van der Waals surface area contributed by atoms with Crippen molar-refractivity contribution in [2.75, 3.05) is 0 Å². The van der Waals surface area contributed by atoms with Crippen LogP contribution >= 0.6 is 11.8 Å². The number of rotatable bonds is 4. The second-order valence-electron chi connectivity index (χ2n) is 4.37. The van der Waals surface area contributed by atoms with E-state index in [1.54, 1.807) is 12.1 Å². The molecular formula is C15H18N4S. The van der Waals surface area contributed by atoms with Gasteiger partial charge in [-0.05, 0) is 37.6 Å². The van der Waals surface area contributed by atoms with Gasteiger partial charge in [0, 0.05) is 5.75 Å². The van der Waals surface area contributed by atoms with E-state index in [1.807, 2.05) is 32.1 Å². The molecule has 0 unspecified atom stereocenters. The van der Waals surface area contributed by atoms with Gasteiger partial charge in [0.15, 0.2) is 5.17 Å². The third-order valence-corrected chi connectivity index (χ3v) is 3.24. The van der Waals surface area contributed by atoms with Gasteiger partial charge in [-0.1, -0.05) is 36.0 Å². The van der Waals surface area contributed by atoms with E-state index in [9.17, 15) is 0 Å². The molecule has 0 bridgehead atoms. The molecule has 0 aliphatic rings. The van der Waals surface area contributed by atoms with Crippen LogP contribution in [0.5, 0.6) is 0 Å². The molecule has 104 valence electrons. The van der Waals surface area contributed by atoms with E-state index in [0.717, 1.165) is 16.9 Å². The smallest absolute Gasteiger partial charge is 0.176 e. The second kappa shape index (κ2) is 8.20. The number of nitrogens with one attached hydrogen (secondary N) is 1. The standard InChI is InChI=1S/C15H18N4S/c1-11(2)8-12(3)18-15(19-17)20-10-14-6-4-13(9-16)5-7-14/h4-8H,3,10,17H2,1-2H3,(H,18,19). The summed E-state index contributed by atoms with van der Waals surface area (Å²) in [5.41, 5.74) is 6.11. The number of allylic oxidation sites excluding steroid dienone is 2. The zero-order chi connectivity index (χ0) is 15.0. The summed E-state index contributed by atoms with van der Waals surface area (Å²) in [6, 6.07) is 9.53. The molecule has 0 aliphatic carbocycles. The van der Waals surface area contributed by atoms with Crippen LogP contribution in [0.4, 0.5) is 0 Å². The van der Waals surface area contributed by atoms with E-state index in [-0.39, 0.29) is 0 Å². The van der Waals surface area contributed by atoms with Crippen LogP contribution in [0, 0.1) is 11.3 Å². The summed E-state index contributed by atoms with van der Waals surface area (Å²) < 4.78 is 0. The van der Waals surface area contributed by atoms with Crippen molar-refractivity contribution in [1.82, 2.24) is 5.43 Å². The molecule has 5 heteroatoms. The van der Waals surface area contributed by atoms with Crippen molar-refractivity contribution in [1.29, 1.82) is 5.26 Å². The molecule has 1 aromatic rings. The molecule has 0 heterocycles. The zero-order valence-electron chi connectivity index (χ0n) is 11.7. The van der Waals surface area contributed by atoms with Gasteiger partial charge in [0.05, 0.1) is 17.3 Å². The minimum Gasteiger partial charge on any atom is -0.303 e. The topological polar surface area (TPSA) is 74.2 Å². The predicted molar refractivity (Wildman–Crippen MR) is 85.8 cm³/mol. The molecule has 0 saturated heterocycles. The van der Waals surface area contributed by atoms with E-state index in [4.69, 9.17) is 11.1 Å². The van der Waals surface area contributed by atoms with Crippen LogP contribution in [-0.2, 0) is 5.75 Å². The first kappa shape index (κ1) is 16.0. The van der Waals surface area contributed by atoms with E-state index in [0.29, 0.717) is 16.4 Å². The van der Waals surface area contributed by atoms with Crippen LogP contribution in [0.25, 0.3) is 0 Å². The Morgan fingerprint density at radius 1 is 1.45 bits per heavy atom. The molecule has 0 amide bonds. The third kappa shape index (κ3) is 5.74. The first-order valence-corrected chi connectivity index (χ1v) is 7.04. The molecular weight excluding hydrogens is 268 g/mol. The van der Waals surface area contributed by atoms with Crippen LogP contribution < -0.4 is 11.3 Å². The Kier molecular flexibility index (Phi) is 6.57. The normalized spacial score (nSPS) is 10.6. The molecule has 1 rings (SSSR count). The third-order valence-electron chi connectivity index (χ3n) is 2.28. The fourth-order valence-electron chi connectivity index (χ4n) is 1.43. The number of thioether (sulfide) groups is 1. The largest absolute Gasteiger partial charge is 0.303 e. The van der Waals surface area contributed by atoms with Gasteiger partial charge in [0.25, 0.3) is 0 Å². The fraction of sp³-hybridized carbons (Fsp3) is 0.200. The summed E-state index contributed by atoms with van der Waals surface area (Å²) >= 11 is 1.48. The fourth-order valence-corrected chi connectivity index (χ4v) is 2.19. The molecule has 0 spiro atoms. The lowest BCUT2D eigenvalue weighted by Gasteiger charge is -2.05. The van der Waals surface area contributed by atoms with E-state index in [2.05, 4.69) is 23.1 Å². The van der Waals surface area contributed by atoms with E-state index >= 15 is 0 Å². The molecule has 0 aliphatic heterocycles. The molecule has 0 atom stereocenters. The predicted octanol–water partition coefficient (Wildman–Crippen LogP) is 3.09. The molecule has 1 aromatic carbocycles. The Morgan fingerprint density at radius 2 is 2.10 bits per heavy atom. The Balaban J connectivity index is 2.65. The van der Waals surface area contributed by atoms with Crippen LogP contribution in [0.2, 0.25) is 0 Å². The second-order valence-corrected chi connectivity index (χ2v) is 5.34. The molecule has 0 saturated carbocycles. The number of nitrogens with two attached hydrogens (primary N) is 1. The van der Waals surface area contributed by atoms with Crippen molar-refractivity contribution in [3.05, 3.63) is 59.3 Å². The SMILES string of the molecule is C=C(C=C(C)C)N=C(NN)SCc1ccc(C#N)cc1. The van der Waals surface area contributed by atoms with Gasteiger partial charge in [0.2, 0.25) is 0 Å². The van der Waals surface area contributed by atoms with Gasteiger partial charge in [-0.15, -0.1) is 0 Å². The number of amidine groups is 1. The number of hydrogen-bond donors (Lipinski definition) is 2. The number of aliphatic imine (C=N–C) groups is 1. The Hall–Kier alpha value is -2.03. The average molecular weight is 286 g/mol. The maximum atomic E-state index is 8.74. The summed E-state index contributed by atoms with van der Waals surface area (Å²) in [5.74, 6) is 6.17. The zero-order valence-corrected chi connectivity index (χ0v) is 12.5. The minimum absolute atomic E-state index is 0.608. The van der Waals surface area contributed by atoms with Crippen LogP contribution in [0.15, 0.2) is 53.2 Å².